The Balaban J connectivity index is 1.86. The maximum atomic E-state index is 4.63. The topological polar surface area (TPSA) is 25.8 Å². The van der Waals surface area contributed by atoms with Crippen molar-refractivity contribution < 1.29 is 0 Å². The van der Waals surface area contributed by atoms with Gasteiger partial charge in [-0.1, -0.05) is 66.7 Å². The van der Waals surface area contributed by atoms with E-state index in [-0.39, 0.29) is 0 Å². The summed E-state index contributed by atoms with van der Waals surface area (Å²) in [6.07, 6.45) is 0. The summed E-state index contributed by atoms with van der Waals surface area (Å²) >= 11 is 0. The van der Waals surface area contributed by atoms with E-state index in [0.29, 0.717) is 0 Å². The number of aromatic nitrogens is 2. The molecule has 1 heterocycles. The SMILES string of the molecule is Cc1nc(-c2ccccc2)cc(-c2ccc3ccccc3c2)n1. The van der Waals surface area contributed by atoms with Crippen molar-refractivity contribution in [2.45, 2.75) is 6.92 Å². The van der Waals surface area contributed by atoms with Crippen LogP contribution in [0, 0.1) is 6.92 Å². The van der Waals surface area contributed by atoms with Crippen LogP contribution < -0.4 is 0 Å². The van der Waals surface area contributed by atoms with Gasteiger partial charge in [-0.25, -0.2) is 9.97 Å². The fourth-order valence-corrected chi connectivity index (χ4v) is 2.82. The maximum Gasteiger partial charge on any atom is 0.126 e. The zero-order valence-corrected chi connectivity index (χ0v) is 12.9. The Labute approximate surface area is 135 Å². The van der Waals surface area contributed by atoms with Crippen molar-refractivity contribution in [3.63, 3.8) is 0 Å². The Morgan fingerprint density at radius 2 is 1.22 bits per heavy atom. The Kier molecular flexibility index (Phi) is 3.35. The molecule has 4 aromatic rings. The second kappa shape index (κ2) is 5.65. The van der Waals surface area contributed by atoms with Gasteiger partial charge in [0.15, 0.2) is 0 Å². The van der Waals surface area contributed by atoms with E-state index in [1.165, 1.54) is 10.8 Å². The molecule has 0 bridgehead atoms. The molecule has 0 saturated carbocycles. The molecular weight excluding hydrogens is 280 g/mol. The van der Waals surface area contributed by atoms with E-state index in [1.54, 1.807) is 0 Å². The average molecular weight is 296 g/mol. The minimum Gasteiger partial charge on any atom is -0.233 e. The summed E-state index contributed by atoms with van der Waals surface area (Å²) < 4.78 is 0. The lowest BCUT2D eigenvalue weighted by molar-refractivity contribution is 1.06. The van der Waals surface area contributed by atoms with Gasteiger partial charge in [0.1, 0.15) is 5.82 Å². The molecule has 0 saturated heterocycles. The van der Waals surface area contributed by atoms with E-state index in [1.807, 2.05) is 25.1 Å². The molecule has 0 amide bonds. The second-order valence-corrected chi connectivity index (χ2v) is 5.61. The zero-order valence-electron chi connectivity index (χ0n) is 12.9. The van der Waals surface area contributed by atoms with E-state index >= 15 is 0 Å². The Hall–Kier alpha value is -3.00. The number of benzene rings is 3. The van der Waals surface area contributed by atoms with Gasteiger partial charge in [-0.15, -0.1) is 0 Å². The predicted octanol–water partition coefficient (Wildman–Crippen LogP) is 5.27. The maximum absolute atomic E-state index is 4.63. The van der Waals surface area contributed by atoms with Crippen LogP contribution in [0.3, 0.4) is 0 Å². The van der Waals surface area contributed by atoms with Crippen LogP contribution in [0.2, 0.25) is 0 Å². The van der Waals surface area contributed by atoms with Gasteiger partial charge >= 0.3 is 0 Å². The Morgan fingerprint density at radius 3 is 2.00 bits per heavy atom. The van der Waals surface area contributed by atoms with Crippen LogP contribution in [0.1, 0.15) is 5.82 Å². The molecule has 0 spiro atoms. The molecule has 1 aromatic heterocycles. The minimum atomic E-state index is 0.787. The van der Waals surface area contributed by atoms with Crippen LogP contribution in [0.15, 0.2) is 78.9 Å². The Morgan fingerprint density at radius 1 is 0.565 bits per heavy atom. The number of aryl methyl sites for hydroxylation is 1. The third kappa shape index (κ3) is 2.71. The number of hydrogen-bond acceptors (Lipinski definition) is 2. The first kappa shape index (κ1) is 13.6. The van der Waals surface area contributed by atoms with Crippen molar-refractivity contribution in [3.05, 3.63) is 84.7 Å². The molecular formula is C21H16N2. The van der Waals surface area contributed by atoms with Crippen LogP contribution in [0.25, 0.3) is 33.3 Å². The molecule has 0 radical (unpaired) electrons. The fraction of sp³-hybridized carbons (Fsp3) is 0.0476. The lowest BCUT2D eigenvalue weighted by atomic mass is 10.0. The number of hydrogen-bond donors (Lipinski definition) is 0. The molecule has 2 heteroatoms. The third-order valence-electron chi connectivity index (χ3n) is 3.95. The highest BCUT2D eigenvalue weighted by molar-refractivity contribution is 5.87. The molecule has 3 aromatic carbocycles. The van der Waals surface area contributed by atoms with E-state index in [4.69, 9.17) is 0 Å². The van der Waals surface area contributed by atoms with Crippen molar-refractivity contribution in [2.24, 2.45) is 0 Å². The first-order valence-electron chi connectivity index (χ1n) is 7.70. The average Bonchev–Trinajstić information content (AvgIpc) is 2.61. The van der Waals surface area contributed by atoms with Crippen molar-refractivity contribution in [1.29, 1.82) is 0 Å². The van der Waals surface area contributed by atoms with Gasteiger partial charge < -0.3 is 0 Å². The quantitative estimate of drug-likeness (QED) is 0.503. The standard InChI is InChI=1S/C21H16N2/c1-15-22-20(17-8-3-2-4-9-17)14-21(23-15)19-12-11-16-7-5-6-10-18(16)13-19/h2-14H,1H3. The lowest BCUT2D eigenvalue weighted by Gasteiger charge is -2.08. The molecule has 0 aliphatic carbocycles. The molecule has 0 N–H and O–H groups in total. The number of fused-ring (bicyclic) bond motifs is 1. The van der Waals surface area contributed by atoms with E-state index in [0.717, 1.165) is 28.3 Å². The van der Waals surface area contributed by atoms with E-state index in [9.17, 15) is 0 Å². The summed E-state index contributed by atoms with van der Waals surface area (Å²) in [7, 11) is 0. The number of rotatable bonds is 2. The monoisotopic (exact) mass is 296 g/mol. The minimum absolute atomic E-state index is 0.787. The summed E-state index contributed by atoms with van der Waals surface area (Å²) in [4.78, 5) is 9.21. The molecule has 110 valence electrons. The van der Waals surface area contributed by atoms with Crippen molar-refractivity contribution >= 4 is 10.8 Å². The highest BCUT2D eigenvalue weighted by Gasteiger charge is 2.07. The molecule has 23 heavy (non-hydrogen) atoms. The molecule has 0 aliphatic heterocycles. The van der Waals surface area contributed by atoms with Crippen molar-refractivity contribution in [1.82, 2.24) is 9.97 Å². The van der Waals surface area contributed by atoms with Crippen LogP contribution in [0.4, 0.5) is 0 Å². The van der Waals surface area contributed by atoms with Gasteiger partial charge in [0.25, 0.3) is 0 Å². The van der Waals surface area contributed by atoms with E-state index < -0.39 is 0 Å². The second-order valence-electron chi connectivity index (χ2n) is 5.61. The largest absolute Gasteiger partial charge is 0.233 e. The summed E-state index contributed by atoms with van der Waals surface area (Å²) in [5.41, 5.74) is 4.15. The predicted molar refractivity (Wildman–Crippen MR) is 95.1 cm³/mol. The normalized spacial score (nSPS) is 10.8. The third-order valence-corrected chi connectivity index (χ3v) is 3.95. The van der Waals surface area contributed by atoms with Crippen LogP contribution in [-0.2, 0) is 0 Å². The molecule has 2 nitrogen and oxygen atoms in total. The molecule has 0 atom stereocenters. The van der Waals surface area contributed by atoms with Gasteiger partial charge in [-0.05, 0) is 29.8 Å². The van der Waals surface area contributed by atoms with Crippen LogP contribution in [0.5, 0.6) is 0 Å². The Bertz CT molecular complexity index is 975. The fourth-order valence-electron chi connectivity index (χ4n) is 2.82. The number of nitrogens with zero attached hydrogens (tertiary/aromatic N) is 2. The molecule has 0 unspecified atom stereocenters. The highest BCUT2D eigenvalue weighted by Crippen LogP contribution is 2.26. The summed E-state index contributed by atoms with van der Waals surface area (Å²) in [6, 6.07) is 27.1. The highest BCUT2D eigenvalue weighted by atomic mass is 14.9. The summed E-state index contributed by atoms with van der Waals surface area (Å²) in [5, 5.41) is 2.47. The summed E-state index contributed by atoms with van der Waals surface area (Å²) in [6.45, 7) is 1.94. The molecule has 0 fully saturated rings. The van der Waals surface area contributed by atoms with Gasteiger partial charge in [0.2, 0.25) is 0 Å². The smallest absolute Gasteiger partial charge is 0.126 e. The van der Waals surface area contributed by atoms with Gasteiger partial charge in [0.05, 0.1) is 11.4 Å². The lowest BCUT2D eigenvalue weighted by Crippen LogP contribution is -1.94. The van der Waals surface area contributed by atoms with Crippen molar-refractivity contribution in [2.75, 3.05) is 0 Å². The van der Waals surface area contributed by atoms with Crippen LogP contribution >= 0.6 is 0 Å². The zero-order chi connectivity index (χ0) is 15.6. The van der Waals surface area contributed by atoms with Gasteiger partial charge in [0, 0.05) is 11.1 Å². The van der Waals surface area contributed by atoms with Gasteiger partial charge in [-0.2, -0.15) is 0 Å². The molecule has 0 aliphatic rings. The molecule has 4 rings (SSSR count). The first-order valence-corrected chi connectivity index (χ1v) is 7.70. The summed E-state index contributed by atoms with van der Waals surface area (Å²) in [5.74, 6) is 0.787. The van der Waals surface area contributed by atoms with Gasteiger partial charge in [-0.3, -0.25) is 0 Å². The van der Waals surface area contributed by atoms with Crippen LogP contribution in [-0.4, -0.2) is 9.97 Å². The van der Waals surface area contributed by atoms with Crippen molar-refractivity contribution in [3.8, 4) is 22.5 Å². The van der Waals surface area contributed by atoms with E-state index in [2.05, 4.69) is 70.6 Å². The first-order chi connectivity index (χ1) is 11.3.